The fourth-order valence-electron chi connectivity index (χ4n) is 1.61. The van der Waals surface area contributed by atoms with E-state index in [4.69, 9.17) is 0 Å². The molecule has 0 unspecified atom stereocenters. The van der Waals surface area contributed by atoms with E-state index in [9.17, 15) is 8.42 Å². The lowest BCUT2D eigenvalue weighted by Crippen LogP contribution is -1.97. The Balaban J connectivity index is 2.18. The molecule has 0 aliphatic carbocycles. The van der Waals surface area contributed by atoms with Gasteiger partial charge in [-0.3, -0.25) is 0 Å². The number of fused-ring (bicyclic) bond motifs is 1. The molecule has 0 fully saturated rings. The molecule has 3 rings (SSSR count). The lowest BCUT2D eigenvalue weighted by Gasteiger charge is -1.96. The molecule has 0 atom stereocenters. The third kappa shape index (κ3) is 1.66. The van der Waals surface area contributed by atoms with E-state index in [1.54, 1.807) is 29.2 Å². The number of aromatic nitrogens is 5. The van der Waals surface area contributed by atoms with Crippen LogP contribution in [0, 0.1) is 0 Å². The standard InChI is InChI=1S/C10H9N5O2S/c1-18(16,17)8-5-12-15(7-8)9-6-13-14-4-2-3-11-10(9)14/h2-7H,1H3. The zero-order valence-corrected chi connectivity index (χ0v) is 10.2. The van der Waals surface area contributed by atoms with E-state index in [0.29, 0.717) is 11.3 Å². The highest BCUT2D eigenvalue weighted by molar-refractivity contribution is 7.90. The predicted octanol–water partition coefficient (Wildman–Crippen LogP) is 0.318. The van der Waals surface area contributed by atoms with Gasteiger partial charge in [0.05, 0.1) is 12.4 Å². The summed E-state index contributed by atoms with van der Waals surface area (Å²) < 4.78 is 25.8. The smallest absolute Gasteiger partial charge is 0.181 e. The molecule has 3 heterocycles. The van der Waals surface area contributed by atoms with Gasteiger partial charge in [-0.1, -0.05) is 0 Å². The van der Waals surface area contributed by atoms with Gasteiger partial charge in [0.25, 0.3) is 0 Å². The monoisotopic (exact) mass is 263 g/mol. The van der Waals surface area contributed by atoms with Crippen LogP contribution in [0.15, 0.2) is 41.9 Å². The van der Waals surface area contributed by atoms with Crippen LogP contribution in [0.2, 0.25) is 0 Å². The van der Waals surface area contributed by atoms with Crippen LogP contribution in [0.4, 0.5) is 0 Å². The van der Waals surface area contributed by atoms with Crippen LogP contribution in [-0.4, -0.2) is 39.1 Å². The fourth-order valence-corrected chi connectivity index (χ4v) is 2.14. The van der Waals surface area contributed by atoms with Gasteiger partial charge >= 0.3 is 0 Å². The minimum Gasteiger partial charge on any atom is -0.235 e. The second-order valence-corrected chi connectivity index (χ2v) is 5.83. The van der Waals surface area contributed by atoms with E-state index in [0.717, 1.165) is 6.26 Å². The van der Waals surface area contributed by atoms with Crippen molar-refractivity contribution in [3.8, 4) is 5.69 Å². The maximum absolute atomic E-state index is 11.4. The molecule has 8 heteroatoms. The summed E-state index contributed by atoms with van der Waals surface area (Å²) in [6.07, 6.45) is 8.88. The molecule has 0 saturated carbocycles. The van der Waals surface area contributed by atoms with Gasteiger partial charge in [-0.2, -0.15) is 10.2 Å². The molecule has 0 N–H and O–H groups in total. The molecule has 0 bridgehead atoms. The van der Waals surface area contributed by atoms with Crippen molar-refractivity contribution in [2.75, 3.05) is 6.26 Å². The molecule has 0 saturated heterocycles. The summed E-state index contributed by atoms with van der Waals surface area (Å²) in [7, 11) is -3.26. The second-order valence-electron chi connectivity index (χ2n) is 3.81. The van der Waals surface area contributed by atoms with Crippen LogP contribution in [0.25, 0.3) is 11.3 Å². The molecular weight excluding hydrogens is 254 g/mol. The molecule has 7 nitrogen and oxygen atoms in total. The van der Waals surface area contributed by atoms with Crippen molar-refractivity contribution in [2.24, 2.45) is 0 Å². The largest absolute Gasteiger partial charge is 0.235 e. The normalized spacial score (nSPS) is 12.1. The van der Waals surface area contributed by atoms with Gasteiger partial charge in [0.2, 0.25) is 0 Å². The molecule has 3 aromatic heterocycles. The molecule has 0 amide bonds. The van der Waals surface area contributed by atoms with Crippen molar-refractivity contribution in [3.63, 3.8) is 0 Å². The van der Waals surface area contributed by atoms with E-state index in [1.807, 2.05) is 0 Å². The molecule has 92 valence electrons. The van der Waals surface area contributed by atoms with E-state index in [2.05, 4.69) is 15.2 Å². The molecular formula is C10H9N5O2S. The first-order valence-corrected chi connectivity index (χ1v) is 6.98. The predicted molar refractivity (Wildman–Crippen MR) is 63.2 cm³/mol. The van der Waals surface area contributed by atoms with E-state index in [1.165, 1.54) is 17.1 Å². The minimum atomic E-state index is -3.26. The number of sulfone groups is 1. The summed E-state index contributed by atoms with van der Waals surface area (Å²) in [5.41, 5.74) is 1.24. The maximum atomic E-state index is 11.4. The average molecular weight is 263 g/mol. The van der Waals surface area contributed by atoms with Crippen molar-refractivity contribution in [1.82, 2.24) is 24.4 Å². The quantitative estimate of drug-likeness (QED) is 0.665. The van der Waals surface area contributed by atoms with E-state index >= 15 is 0 Å². The summed E-state index contributed by atoms with van der Waals surface area (Å²) in [4.78, 5) is 4.34. The van der Waals surface area contributed by atoms with Crippen molar-refractivity contribution in [2.45, 2.75) is 4.90 Å². The highest BCUT2D eigenvalue weighted by Crippen LogP contribution is 2.15. The Kier molecular flexibility index (Phi) is 2.20. The first kappa shape index (κ1) is 10.9. The average Bonchev–Trinajstić information content (AvgIpc) is 2.94. The zero-order chi connectivity index (χ0) is 12.8. The van der Waals surface area contributed by atoms with Crippen LogP contribution < -0.4 is 0 Å². The SMILES string of the molecule is CS(=O)(=O)c1cnn(-c2cnn3cccnc23)c1. The van der Waals surface area contributed by atoms with Crippen molar-refractivity contribution >= 4 is 15.5 Å². The number of nitrogens with zero attached hydrogens (tertiary/aromatic N) is 5. The summed E-state index contributed by atoms with van der Waals surface area (Å²) >= 11 is 0. The molecule has 0 aliphatic heterocycles. The van der Waals surface area contributed by atoms with Crippen molar-refractivity contribution in [1.29, 1.82) is 0 Å². The van der Waals surface area contributed by atoms with Crippen molar-refractivity contribution in [3.05, 3.63) is 37.1 Å². The number of hydrogen-bond donors (Lipinski definition) is 0. The highest BCUT2D eigenvalue weighted by atomic mass is 32.2. The third-order valence-electron chi connectivity index (χ3n) is 2.49. The summed E-state index contributed by atoms with van der Waals surface area (Å²) in [6.45, 7) is 0. The van der Waals surface area contributed by atoms with Crippen molar-refractivity contribution < 1.29 is 8.42 Å². The number of hydrogen-bond acceptors (Lipinski definition) is 5. The molecule has 0 spiro atoms. The van der Waals surface area contributed by atoms with Gasteiger partial charge in [-0.05, 0) is 6.07 Å². The zero-order valence-electron chi connectivity index (χ0n) is 9.42. The second kappa shape index (κ2) is 3.64. The fraction of sp³-hybridized carbons (Fsp3) is 0.100. The molecule has 0 radical (unpaired) electrons. The van der Waals surface area contributed by atoms with E-state index < -0.39 is 9.84 Å². The Morgan fingerprint density at radius 1 is 1.22 bits per heavy atom. The van der Waals surface area contributed by atoms with Crippen LogP contribution in [0.1, 0.15) is 0 Å². The Labute approximate surface area is 103 Å². The molecule has 18 heavy (non-hydrogen) atoms. The van der Waals surface area contributed by atoms with Gasteiger partial charge in [0, 0.05) is 24.8 Å². The van der Waals surface area contributed by atoms with Gasteiger partial charge in [-0.15, -0.1) is 0 Å². The van der Waals surface area contributed by atoms with E-state index in [-0.39, 0.29) is 4.90 Å². The Bertz CT molecular complexity index is 818. The van der Waals surface area contributed by atoms with Crippen LogP contribution in [-0.2, 0) is 9.84 Å². The maximum Gasteiger partial charge on any atom is 0.181 e. The highest BCUT2D eigenvalue weighted by Gasteiger charge is 2.13. The lowest BCUT2D eigenvalue weighted by atomic mass is 10.5. The van der Waals surface area contributed by atoms with Gasteiger partial charge in [-0.25, -0.2) is 22.6 Å². The Morgan fingerprint density at radius 3 is 2.78 bits per heavy atom. The van der Waals surface area contributed by atoms with Gasteiger partial charge in [0.15, 0.2) is 15.5 Å². The Morgan fingerprint density at radius 2 is 2.06 bits per heavy atom. The topological polar surface area (TPSA) is 82.1 Å². The van der Waals surface area contributed by atoms with Gasteiger partial charge < -0.3 is 0 Å². The lowest BCUT2D eigenvalue weighted by molar-refractivity contribution is 0.602. The third-order valence-corrected chi connectivity index (χ3v) is 3.56. The first-order valence-electron chi connectivity index (χ1n) is 5.09. The summed E-state index contributed by atoms with van der Waals surface area (Å²) in [5, 5.41) is 8.13. The first-order chi connectivity index (χ1) is 8.55. The summed E-state index contributed by atoms with van der Waals surface area (Å²) in [5.74, 6) is 0. The minimum absolute atomic E-state index is 0.165. The summed E-state index contributed by atoms with van der Waals surface area (Å²) in [6, 6.07) is 1.76. The molecule has 3 aromatic rings. The molecule has 0 aromatic carbocycles. The van der Waals surface area contributed by atoms with Crippen LogP contribution in [0.3, 0.4) is 0 Å². The Hall–Kier alpha value is -2.22. The van der Waals surface area contributed by atoms with Gasteiger partial charge in [0.1, 0.15) is 10.6 Å². The van der Waals surface area contributed by atoms with Crippen LogP contribution in [0.5, 0.6) is 0 Å². The number of rotatable bonds is 2. The molecule has 0 aliphatic rings. The van der Waals surface area contributed by atoms with Crippen LogP contribution >= 0.6 is 0 Å².